The van der Waals surface area contributed by atoms with E-state index in [1.165, 1.54) is 35.1 Å². The lowest BCUT2D eigenvalue weighted by Crippen LogP contribution is -2.22. The highest BCUT2D eigenvalue weighted by Crippen LogP contribution is 2.41. The average molecular weight is 313 g/mol. The van der Waals surface area contributed by atoms with Gasteiger partial charge in [0.2, 0.25) is 0 Å². The van der Waals surface area contributed by atoms with Crippen LogP contribution in [0.25, 0.3) is 0 Å². The quantitative estimate of drug-likeness (QED) is 0.638. The molecule has 24 heavy (non-hydrogen) atoms. The molecule has 0 spiro atoms. The van der Waals surface area contributed by atoms with Crippen LogP contribution in [0, 0.1) is 0 Å². The van der Waals surface area contributed by atoms with Gasteiger partial charge in [0.15, 0.2) is 0 Å². The minimum Gasteiger partial charge on any atom is -0.302 e. The highest BCUT2D eigenvalue weighted by Gasteiger charge is 2.25. The summed E-state index contributed by atoms with van der Waals surface area (Å²) < 4.78 is 0. The first-order valence-electron chi connectivity index (χ1n) is 8.83. The molecule has 1 saturated carbocycles. The van der Waals surface area contributed by atoms with Crippen molar-refractivity contribution < 1.29 is 0 Å². The standard InChI is InChI=1S/C23H23N/c1-3-9-19(10-4-1)23(20-11-5-2-6-12-20)24-17-21-13-7-8-14-22(21)18-15-16-18/h1-14,18,23-24H,15-17H2. The third-order valence-electron chi connectivity index (χ3n) is 4.83. The van der Waals surface area contributed by atoms with E-state index in [1.54, 1.807) is 0 Å². The SMILES string of the molecule is c1ccc(C(NCc2ccccc2C2CC2)c2ccccc2)cc1. The van der Waals surface area contributed by atoms with Crippen molar-refractivity contribution >= 4 is 0 Å². The van der Waals surface area contributed by atoms with Crippen LogP contribution in [0.2, 0.25) is 0 Å². The predicted octanol–water partition coefficient (Wildman–Crippen LogP) is 5.44. The Morgan fingerprint density at radius 1 is 0.708 bits per heavy atom. The van der Waals surface area contributed by atoms with Crippen LogP contribution in [0.15, 0.2) is 84.9 Å². The molecule has 0 amide bonds. The molecule has 1 fully saturated rings. The monoisotopic (exact) mass is 313 g/mol. The van der Waals surface area contributed by atoms with Crippen molar-refractivity contribution in [2.24, 2.45) is 0 Å². The van der Waals surface area contributed by atoms with Crippen LogP contribution in [0.4, 0.5) is 0 Å². The van der Waals surface area contributed by atoms with Gasteiger partial charge < -0.3 is 5.32 Å². The summed E-state index contributed by atoms with van der Waals surface area (Å²) in [5, 5.41) is 3.79. The number of hydrogen-bond acceptors (Lipinski definition) is 1. The maximum atomic E-state index is 3.79. The summed E-state index contributed by atoms with van der Waals surface area (Å²) in [6.07, 6.45) is 2.69. The maximum Gasteiger partial charge on any atom is 0.0579 e. The third kappa shape index (κ3) is 3.42. The lowest BCUT2D eigenvalue weighted by molar-refractivity contribution is 0.602. The second kappa shape index (κ2) is 7.02. The fraction of sp³-hybridized carbons (Fsp3) is 0.217. The zero-order valence-corrected chi connectivity index (χ0v) is 13.9. The Hall–Kier alpha value is -2.38. The minimum absolute atomic E-state index is 0.222. The molecule has 3 aromatic carbocycles. The van der Waals surface area contributed by atoms with E-state index in [9.17, 15) is 0 Å². The van der Waals surface area contributed by atoms with Crippen molar-refractivity contribution in [1.82, 2.24) is 5.32 Å². The van der Waals surface area contributed by atoms with Gasteiger partial charge in [0.05, 0.1) is 6.04 Å². The maximum absolute atomic E-state index is 3.79. The largest absolute Gasteiger partial charge is 0.302 e. The van der Waals surface area contributed by atoms with E-state index in [2.05, 4.69) is 90.2 Å². The molecule has 0 aliphatic heterocycles. The highest BCUT2D eigenvalue weighted by molar-refractivity contribution is 5.35. The molecule has 0 radical (unpaired) electrons. The van der Waals surface area contributed by atoms with Crippen LogP contribution in [-0.2, 0) is 6.54 Å². The zero-order chi connectivity index (χ0) is 16.2. The van der Waals surface area contributed by atoms with E-state index in [4.69, 9.17) is 0 Å². The molecule has 0 bridgehead atoms. The molecule has 0 heterocycles. The first kappa shape index (κ1) is 15.2. The van der Waals surface area contributed by atoms with E-state index in [1.807, 2.05) is 0 Å². The van der Waals surface area contributed by atoms with E-state index < -0.39 is 0 Å². The van der Waals surface area contributed by atoms with Crippen LogP contribution in [-0.4, -0.2) is 0 Å². The fourth-order valence-electron chi connectivity index (χ4n) is 3.42. The summed E-state index contributed by atoms with van der Waals surface area (Å²) in [5.74, 6) is 0.787. The van der Waals surface area contributed by atoms with Crippen molar-refractivity contribution in [3.8, 4) is 0 Å². The number of nitrogens with one attached hydrogen (secondary N) is 1. The zero-order valence-electron chi connectivity index (χ0n) is 13.9. The van der Waals surface area contributed by atoms with E-state index in [0.717, 1.165) is 12.5 Å². The van der Waals surface area contributed by atoms with Gasteiger partial charge >= 0.3 is 0 Å². The minimum atomic E-state index is 0.222. The van der Waals surface area contributed by atoms with Gasteiger partial charge in [-0.2, -0.15) is 0 Å². The van der Waals surface area contributed by atoms with E-state index >= 15 is 0 Å². The van der Waals surface area contributed by atoms with Crippen LogP contribution < -0.4 is 5.32 Å². The molecule has 1 aliphatic rings. The summed E-state index contributed by atoms with van der Waals surface area (Å²) >= 11 is 0. The van der Waals surface area contributed by atoms with Gasteiger partial charge in [-0.25, -0.2) is 0 Å². The number of rotatable bonds is 6. The van der Waals surface area contributed by atoms with Crippen LogP contribution in [0.3, 0.4) is 0 Å². The van der Waals surface area contributed by atoms with Crippen LogP contribution in [0.5, 0.6) is 0 Å². The van der Waals surface area contributed by atoms with Gasteiger partial charge in [-0.1, -0.05) is 84.9 Å². The second-order valence-electron chi connectivity index (χ2n) is 6.61. The molecule has 0 aromatic heterocycles. The lowest BCUT2D eigenvalue weighted by Gasteiger charge is -2.21. The Labute approximate surface area is 144 Å². The Balaban J connectivity index is 1.59. The molecule has 4 rings (SSSR count). The summed E-state index contributed by atoms with van der Waals surface area (Å²) in [6.45, 7) is 0.904. The van der Waals surface area contributed by atoms with Gasteiger partial charge in [0.25, 0.3) is 0 Å². The number of benzene rings is 3. The van der Waals surface area contributed by atoms with Crippen molar-refractivity contribution in [2.75, 3.05) is 0 Å². The molecule has 120 valence electrons. The van der Waals surface area contributed by atoms with Gasteiger partial charge in [-0.05, 0) is 41.0 Å². The lowest BCUT2D eigenvalue weighted by atomic mass is 9.97. The molecule has 1 heteroatoms. The Morgan fingerprint density at radius 2 is 1.25 bits per heavy atom. The van der Waals surface area contributed by atoms with Gasteiger partial charge in [-0.15, -0.1) is 0 Å². The average Bonchev–Trinajstić information content (AvgIpc) is 3.49. The summed E-state index contributed by atoms with van der Waals surface area (Å²) in [5.41, 5.74) is 5.60. The van der Waals surface area contributed by atoms with Crippen molar-refractivity contribution in [3.63, 3.8) is 0 Å². The molecule has 0 atom stereocenters. The van der Waals surface area contributed by atoms with Gasteiger partial charge in [0.1, 0.15) is 0 Å². The molecule has 0 unspecified atom stereocenters. The summed E-state index contributed by atoms with van der Waals surface area (Å²) in [4.78, 5) is 0. The van der Waals surface area contributed by atoms with Crippen molar-refractivity contribution in [1.29, 1.82) is 0 Å². The molecule has 1 N–H and O–H groups in total. The van der Waals surface area contributed by atoms with Crippen LogP contribution in [0.1, 0.15) is 47.1 Å². The molecule has 0 saturated heterocycles. The Morgan fingerprint density at radius 3 is 1.83 bits per heavy atom. The molecule has 1 aliphatic carbocycles. The molecule has 1 nitrogen and oxygen atoms in total. The van der Waals surface area contributed by atoms with Gasteiger partial charge in [-0.3, -0.25) is 0 Å². The predicted molar refractivity (Wildman–Crippen MR) is 100.0 cm³/mol. The number of hydrogen-bond donors (Lipinski definition) is 1. The summed E-state index contributed by atoms with van der Waals surface area (Å²) in [7, 11) is 0. The van der Waals surface area contributed by atoms with Gasteiger partial charge in [0, 0.05) is 6.54 Å². The molecular weight excluding hydrogens is 290 g/mol. The molecular formula is C23H23N. The Bertz CT molecular complexity index is 736. The Kier molecular flexibility index (Phi) is 4.44. The smallest absolute Gasteiger partial charge is 0.0579 e. The highest BCUT2D eigenvalue weighted by atomic mass is 14.9. The van der Waals surface area contributed by atoms with Crippen LogP contribution >= 0.6 is 0 Å². The van der Waals surface area contributed by atoms with E-state index in [0.29, 0.717) is 0 Å². The first-order valence-corrected chi connectivity index (χ1v) is 8.83. The molecule has 3 aromatic rings. The second-order valence-corrected chi connectivity index (χ2v) is 6.61. The summed E-state index contributed by atoms with van der Waals surface area (Å²) in [6, 6.07) is 30.6. The van der Waals surface area contributed by atoms with Crippen molar-refractivity contribution in [3.05, 3.63) is 107 Å². The topological polar surface area (TPSA) is 12.0 Å². The fourth-order valence-corrected chi connectivity index (χ4v) is 3.42. The normalized spacial score (nSPS) is 14.0. The van der Waals surface area contributed by atoms with Crippen molar-refractivity contribution in [2.45, 2.75) is 31.3 Å². The third-order valence-corrected chi connectivity index (χ3v) is 4.83. The van der Waals surface area contributed by atoms with E-state index in [-0.39, 0.29) is 6.04 Å². The first-order chi connectivity index (χ1) is 11.9.